The van der Waals surface area contributed by atoms with E-state index in [0.717, 1.165) is 5.56 Å². The summed E-state index contributed by atoms with van der Waals surface area (Å²) < 4.78 is 3.27. The Morgan fingerprint density at radius 3 is 2.27 bits per heavy atom. The van der Waals surface area contributed by atoms with Crippen molar-refractivity contribution in [2.75, 3.05) is 9.86 Å². The van der Waals surface area contributed by atoms with E-state index >= 15 is 0 Å². The van der Waals surface area contributed by atoms with Crippen LogP contribution < -0.4 is 0 Å². The predicted molar refractivity (Wildman–Crippen MR) is 59.2 cm³/mol. The van der Waals surface area contributed by atoms with Crippen LogP contribution in [-0.4, -0.2) is 9.86 Å². The molecule has 1 heteroatoms. The molecule has 0 N–H and O–H groups in total. The summed E-state index contributed by atoms with van der Waals surface area (Å²) in [6.07, 6.45) is 0. The Morgan fingerprint density at radius 1 is 1.09 bits per heavy atom. The van der Waals surface area contributed by atoms with Crippen molar-refractivity contribution in [2.24, 2.45) is 0 Å². The molecule has 0 bridgehead atoms. The van der Waals surface area contributed by atoms with E-state index in [1.54, 1.807) is 0 Å². The van der Waals surface area contributed by atoms with Gasteiger partial charge in [0.1, 0.15) is 0 Å². The van der Waals surface area contributed by atoms with E-state index in [1.165, 1.54) is 0 Å². The van der Waals surface area contributed by atoms with Gasteiger partial charge in [-0.3, -0.25) is 0 Å². The number of benzene rings is 1. The topological polar surface area (TPSA) is 0 Å². The summed E-state index contributed by atoms with van der Waals surface area (Å²) in [6.45, 7) is 0. The second-order valence-corrected chi connectivity index (χ2v) is 7.20. The summed E-state index contributed by atoms with van der Waals surface area (Å²) in [4.78, 5) is 4.50. The molecular weight excluding hydrogens is 247 g/mol. The quantitative estimate of drug-likeness (QED) is 0.381. The molecule has 0 atom stereocenters. The molecular formula is C10H11I. The van der Waals surface area contributed by atoms with Crippen molar-refractivity contribution in [1.82, 2.24) is 0 Å². The van der Waals surface area contributed by atoms with Gasteiger partial charge in [-0.1, -0.05) is 0 Å². The van der Waals surface area contributed by atoms with E-state index < -0.39 is 19.8 Å². The van der Waals surface area contributed by atoms with Gasteiger partial charge in [0.15, 0.2) is 0 Å². The van der Waals surface area contributed by atoms with Crippen molar-refractivity contribution in [2.45, 2.75) is 0 Å². The van der Waals surface area contributed by atoms with E-state index in [-0.39, 0.29) is 0 Å². The fourth-order valence-electron chi connectivity index (χ4n) is 0.671. The van der Waals surface area contributed by atoms with Crippen LogP contribution in [0.15, 0.2) is 30.3 Å². The first-order valence-electron chi connectivity index (χ1n) is 3.36. The Balaban J connectivity index is 2.75. The van der Waals surface area contributed by atoms with Crippen molar-refractivity contribution in [3.8, 4) is 9.85 Å². The second-order valence-electron chi connectivity index (χ2n) is 2.34. The van der Waals surface area contributed by atoms with Crippen LogP contribution in [0.2, 0.25) is 0 Å². The zero-order chi connectivity index (χ0) is 8.10. The van der Waals surface area contributed by atoms with Gasteiger partial charge in [0, 0.05) is 0 Å². The molecule has 1 aromatic rings. The molecule has 0 amide bonds. The van der Waals surface area contributed by atoms with Gasteiger partial charge in [-0.15, -0.1) is 0 Å². The van der Waals surface area contributed by atoms with Gasteiger partial charge in [-0.2, -0.15) is 0 Å². The standard InChI is InChI=1S/C10H11I/c1-11(2)9-8-10-6-4-3-5-7-10/h3-7H,1-2H3. The Morgan fingerprint density at radius 2 is 1.73 bits per heavy atom. The van der Waals surface area contributed by atoms with Gasteiger partial charge in [-0.05, 0) is 0 Å². The second kappa shape index (κ2) is 4.40. The average molecular weight is 258 g/mol. The minimum atomic E-state index is -0.849. The molecule has 58 valence electrons. The minimum absolute atomic E-state index is 0.849. The molecule has 0 aliphatic carbocycles. The number of halogens is 1. The van der Waals surface area contributed by atoms with Crippen LogP contribution >= 0.6 is 19.8 Å². The maximum atomic E-state index is 3.27. The zero-order valence-electron chi connectivity index (χ0n) is 6.76. The van der Waals surface area contributed by atoms with Crippen molar-refractivity contribution >= 4 is 19.8 Å². The van der Waals surface area contributed by atoms with Crippen molar-refractivity contribution in [3.05, 3.63) is 35.9 Å². The summed E-state index contributed by atoms with van der Waals surface area (Å²) in [7, 11) is 0. The number of hydrogen-bond acceptors (Lipinski definition) is 0. The molecule has 0 aliphatic rings. The van der Waals surface area contributed by atoms with Gasteiger partial charge in [0.2, 0.25) is 0 Å². The van der Waals surface area contributed by atoms with Gasteiger partial charge in [-0.25, -0.2) is 0 Å². The molecule has 1 rings (SSSR count). The molecule has 0 radical (unpaired) electrons. The number of rotatable bonds is 0. The summed E-state index contributed by atoms with van der Waals surface area (Å²) in [5.41, 5.74) is 1.14. The molecule has 0 nitrogen and oxygen atoms in total. The Hall–Kier alpha value is -0.490. The molecule has 0 spiro atoms. The first-order valence-corrected chi connectivity index (χ1v) is 8.75. The van der Waals surface area contributed by atoms with Gasteiger partial charge >= 0.3 is 75.4 Å². The third kappa shape index (κ3) is 3.43. The predicted octanol–water partition coefficient (Wildman–Crippen LogP) is 2.76. The number of alkyl halides is 2. The summed E-state index contributed by atoms with van der Waals surface area (Å²) in [5, 5.41) is 0. The molecule has 0 fully saturated rings. The normalized spacial score (nSPS) is 9.82. The van der Waals surface area contributed by atoms with Crippen LogP contribution in [0.1, 0.15) is 5.56 Å². The van der Waals surface area contributed by atoms with Crippen molar-refractivity contribution in [3.63, 3.8) is 0 Å². The fraction of sp³-hybridized carbons (Fsp3) is 0.200. The van der Waals surface area contributed by atoms with E-state index in [2.05, 4.69) is 19.7 Å². The van der Waals surface area contributed by atoms with E-state index in [9.17, 15) is 0 Å². The molecule has 0 unspecified atom stereocenters. The number of hydrogen-bond donors (Lipinski definition) is 0. The van der Waals surface area contributed by atoms with Gasteiger partial charge < -0.3 is 0 Å². The Bertz CT molecular complexity index is 264. The first kappa shape index (κ1) is 8.61. The van der Waals surface area contributed by atoms with E-state index in [1.807, 2.05) is 30.3 Å². The average Bonchev–Trinajstić information content (AvgIpc) is 2.03. The Kier molecular flexibility index (Phi) is 3.44. The molecule has 0 saturated carbocycles. The van der Waals surface area contributed by atoms with Crippen molar-refractivity contribution in [1.29, 1.82) is 0 Å². The summed E-state index contributed by atoms with van der Waals surface area (Å²) in [6, 6.07) is 10.2. The van der Waals surface area contributed by atoms with Crippen LogP contribution in [0.5, 0.6) is 0 Å². The fourth-order valence-corrected chi connectivity index (χ4v) is 1.52. The molecule has 0 heterocycles. The molecule has 0 aliphatic heterocycles. The summed E-state index contributed by atoms with van der Waals surface area (Å²) >= 11 is -0.849. The van der Waals surface area contributed by atoms with Crippen LogP contribution in [0.25, 0.3) is 0 Å². The van der Waals surface area contributed by atoms with Gasteiger partial charge in [0.25, 0.3) is 0 Å². The van der Waals surface area contributed by atoms with Crippen LogP contribution in [0.4, 0.5) is 0 Å². The maximum absolute atomic E-state index is 3.27. The van der Waals surface area contributed by atoms with E-state index in [0.29, 0.717) is 0 Å². The molecule has 0 saturated heterocycles. The Labute approximate surface area is 75.4 Å². The third-order valence-electron chi connectivity index (χ3n) is 1.15. The summed E-state index contributed by atoms with van der Waals surface area (Å²) in [5.74, 6) is 3.16. The van der Waals surface area contributed by atoms with E-state index in [4.69, 9.17) is 0 Å². The molecule has 1 aromatic carbocycles. The molecule has 0 aromatic heterocycles. The first-order chi connectivity index (χ1) is 5.29. The monoisotopic (exact) mass is 258 g/mol. The van der Waals surface area contributed by atoms with Crippen LogP contribution in [0.3, 0.4) is 0 Å². The third-order valence-corrected chi connectivity index (χ3v) is 2.50. The zero-order valence-corrected chi connectivity index (χ0v) is 8.92. The van der Waals surface area contributed by atoms with Crippen molar-refractivity contribution < 1.29 is 0 Å². The van der Waals surface area contributed by atoms with Gasteiger partial charge in [0.05, 0.1) is 0 Å². The molecule has 11 heavy (non-hydrogen) atoms. The van der Waals surface area contributed by atoms with Crippen LogP contribution in [-0.2, 0) is 0 Å². The SMILES string of the molecule is CI(C)C#Cc1ccccc1. The van der Waals surface area contributed by atoms with Crippen LogP contribution in [0, 0.1) is 9.85 Å².